The molecule has 10 heteroatoms. The van der Waals surface area contributed by atoms with E-state index in [0.717, 1.165) is 0 Å². The average Bonchev–Trinajstić information content (AvgIpc) is 2.05. The summed E-state index contributed by atoms with van der Waals surface area (Å²) < 4.78 is 90.0. The van der Waals surface area contributed by atoms with E-state index in [1.54, 1.807) is 0 Å². The van der Waals surface area contributed by atoms with Gasteiger partial charge in [0.2, 0.25) is 0 Å². The number of carboxylic acids is 1. The summed E-state index contributed by atoms with van der Waals surface area (Å²) in [5, 5.41) is 7.41. The summed E-state index contributed by atoms with van der Waals surface area (Å²) in [6.45, 7) is 0. The van der Waals surface area contributed by atoms with Crippen molar-refractivity contribution in [1.82, 2.24) is 0 Å². The number of halogens is 8. The van der Waals surface area contributed by atoms with Gasteiger partial charge in [-0.1, -0.05) is 0 Å². The molecule has 0 aliphatic heterocycles. The molecular weight excluding hydrogens is 244 g/mol. The van der Waals surface area contributed by atoms with Crippen LogP contribution < -0.4 is 0 Å². The molecular formula is C5H4F8O2. The predicted octanol–water partition coefficient (Wildman–Crippen LogP) is 2.49. The minimum absolute atomic E-state index is 0.500. The second-order valence-electron chi connectivity index (χ2n) is 1.95. The summed E-state index contributed by atoms with van der Waals surface area (Å²) in [6.07, 6.45) is -6.60. The van der Waals surface area contributed by atoms with Crippen LogP contribution in [0.3, 0.4) is 0 Å². The van der Waals surface area contributed by atoms with Gasteiger partial charge in [-0.3, -0.25) is 4.39 Å². The van der Waals surface area contributed by atoms with E-state index in [2.05, 4.69) is 0 Å². The third-order valence-corrected chi connectivity index (χ3v) is 1.02. The van der Waals surface area contributed by atoms with Crippen LogP contribution in [-0.2, 0) is 4.79 Å². The molecule has 0 atom stereocenters. The number of carboxylic acid groups (broad SMARTS) is 1. The molecule has 0 unspecified atom stereocenters. The summed E-state index contributed by atoms with van der Waals surface area (Å²) in [5.41, 5.74) is 0. The van der Waals surface area contributed by atoms with Crippen LogP contribution in [0.25, 0.3) is 0 Å². The van der Waals surface area contributed by atoms with Crippen molar-refractivity contribution in [2.75, 3.05) is 7.18 Å². The van der Waals surface area contributed by atoms with Gasteiger partial charge < -0.3 is 5.11 Å². The van der Waals surface area contributed by atoms with Gasteiger partial charge in [0.15, 0.2) is 0 Å². The normalized spacial score (nSPS) is 12.9. The van der Waals surface area contributed by atoms with Crippen LogP contribution in [0.5, 0.6) is 0 Å². The fraction of sp³-hybridized carbons (Fsp3) is 0.800. The van der Waals surface area contributed by atoms with E-state index in [1.807, 2.05) is 0 Å². The maximum atomic E-state index is 11.8. The fourth-order valence-corrected chi connectivity index (χ4v) is 0.312. The van der Waals surface area contributed by atoms with E-state index in [4.69, 9.17) is 5.11 Å². The molecule has 0 aliphatic carbocycles. The van der Waals surface area contributed by atoms with Gasteiger partial charge in [0, 0.05) is 0 Å². The molecule has 0 amide bonds. The van der Waals surface area contributed by atoms with Gasteiger partial charge in [-0.05, 0) is 0 Å². The molecule has 0 radical (unpaired) electrons. The third kappa shape index (κ3) is 2.93. The lowest BCUT2D eigenvalue weighted by molar-refractivity contribution is -0.347. The first-order valence-corrected chi connectivity index (χ1v) is 2.88. The standard InChI is InChI=1S/C4HF7O2.CH3F/c5-2(6,1(12)13)3(7,8)4(9,10)11;1-2/h(H,12,13);1H3. The highest BCUT2D eigenvalue weighted by molar-refractivity contribution is 5.76. The summed E-state index contributed by atoms with van der Waals surface area (Å²) >= 11 is 0. The van der Waals surface area contributed by atoms with Crippen molar-refractivity contribution in [1.29, 1.82) is 0 Å². The quantitative estimate of drug-likeness (QED) is 0.762. The molecule has 0 aromatic heterocycles. The Hall–Kier alpha value is -1.09. The Morgan fingerprint density at radius 2 is 1.20 bits per heavy atom. The Morgan fingerprint density at radius 1 is 0.933 bits per heavy atom. The lowest BCUT2D eigenvalue weighted by Crippen LogP contribution is -2.56. The number of hydrogen-bond acceptors (Lipinski definition) is 1. The first-order chi connectivity index (χ1) is 6.44. The van der Waals surface area contributed by atoms with E-state index < -0.39 is 24.0 Å². The van der Waals surface area contributed by atoms with Crippen molar-refractivity contribution in [3.05, 3.63) is 0 Å². The highest BCUT2D eigenvalue weighted by Crippen LogP contribution is 2.46. The largest absolute Gasteiger partial charge is 0.477 e. The number of carbonyl (C=O) groups is 1. The van der Waals surface area contributed by atoms with Gasteiger partial charge >= 0.3 is 24.0 Å². The fourth-order valence-electron chi connectivity index (χ4n) is 0.312. The smallest absolute Gasteiger partial charge is 0.460 e. The third-order valence-electron chi connectivity index (χ3n) is 1.02. The Labute approximate surface area is 77.5 Å². The molecule has 0 aromatic rings. The van der Waals surface area contributed by atoms with E-state index >= 15 is 0 Å². The molecule has 0 aromatic carbocycles. The van der Waals surface area contributed by atoms with Crippen molar-refractivity contribution in [3.63, 3.8) is 0 Å². The number of hydrogen-bond donors (Lipinski definition) is 1. The van der Waals surface area contributed by atoms with Crippen LogP contribution in [0.15, 0.2) is 0 Å². The first-order valence-electron chi connectivity index (χ1n) is 2.88. The van der Waals surface area contributed by atoms with Crippen LogP contribution >= 0.6 is 0 Å². The molecule has 0 saturated heterocycles. The zero-order valence-electron chi connectivity index (χ0n) is 6.88. The summed E-state index contributed by atoms with van der Waals surface area (Å²) in [4.78, 5) is 9.38. The number of rotatable bonds is 2. The monoisotopic (exact) mass is 248 g/mol. The molecule has 0 rings (SSSR count). The van der Waals surface area contributed by atoms with Crippen LogP contribution in [0.4, 0.5) is 35.1 Å². The predicted molar refractivity (Wildman–Crippen MR) is 30.6 cm³/mol. The van der Waals surface area contributed by atoms with Gasteiger partial charge in [-0.25, -0.2) is 4.79 Å². The minimum atomic E-state index is -6.60. The highest BCUT2D eigenvalue weighted by Gasteiger charge is 2.76. The van der Waals surface area contributed by atoms with Crippen molar-refractivity contribution in [2.45, 2.75) is 18.0 Å². The van der Waals surface area contributed by atoms with Crippen molar-refractivity contribution < 1.29 is 45.0 Å². The zero-order chi connectivity index (χ0) is 13.1. The molecule has 0 aliphatic rings. The van der Waals surface area contributed by atoms with E-state index in [-0.39, 0.29) is 0 Å². The average molecular weight is 248 g/mol. The van der Waals surface area contributed by atoms with Crippen LogP contribution in [-0.4, -0.2) is 36.3 Å². The maximum absolute atomic E-state index is 11.8. The van der Waals surface area contributed by atoms with E-state index in [9.17, 15) is 39.9 Å². The van der Waals surface area contributed by atoms with Gasteiger partial charge in [0.1, 0.15) is 0 Å². The first kappa shape index (κ1) is 16.3. The lowest BCUT2D eigenvalue weighted by atomic mass is 10.1. The van der Waals surface area contributed by atoms with Crippen molar-refractivity contribution in [2.24, 2.45) is 0 Å². The Balaban J connectivity index is 0. The Bertz CT molecular complexity index is 220. The number of aliphatic carboxylic acids is 1. The van der Waals surface area contributed by atoms with Gasteiger partial charge in [-0.2, -0.15) is 30.7 Å². The van der Waals surface area contributed by atoms with E-state index in [1.165, 1.54) is 0 Å². The molecule has 2 nitrogen and oxygen atoms in total. The Morgan fingerprint density at radius 3 is 1.27 bits per heavy atom. The molecule has 0 fully saturated rings. The molecule has 0 heterocycles. The van der Waals surface area contributed by atoms with E-state index in [0.29, 0.717) is 7.18 Å². The van der Waals surface area contributed by atoms with Crippen LogP contribution in [0, 0.1) is 0 Å². The van der Waals surface area contributed by atoms with Crippen LogP contribution in [0.2, 0.25) is 0 Å². The Kier molecular flexibility index (Phi) is 5.03. The number of alkyl halides is 8. The molecule has 15 heavy (non-hydrogen) atoms. The van der Waals surface area contributed by atoms with Crippen molar-refractivity contribution >= 4 is 5.97 Å². The summed E-state index contributed by atoms with van der Waals surface area (Å²) in [5.74, 6) is -16.3. The van der Waals surface area contributed by atoms with Gasteiger partial charge in [0.05, 0.1) is 7.18 Å². The molecule has 1 N–H and O–H groups in total. The second-order valence-corrected chi connectivity index (χ2v) is 1.95. The highest BCUT2D eigenvalue weighted by atomic mass is 19.4. The SMILES string of the molecule is CF.O=C(O)C(F)(F)C(F)(F)C(F)(F)F. The van der Waals surface area contributed by atoms with Crippen LogP contribution in [0.1, 0.15) is 0 Å². The minimum Gasteiger partial charge on any atom is -0.477 e. The molecule has 92 valence electrons. The molecule has 0 saturated carbocycles. The maximum Gasteiger partial charge on any atom is 0.460 e. The summed E-state index contributed by atoms with van der Waals surface area (Å²) in [6, 6.07) is 0. The molecule has 0 spiro atoms. The zero-order valence-corrected chi connectivity index (χ0v) is 6.88. The lowest BCUT2D eigenvalue weighted by Gasteiger charge is -2.24. The second kappa shape index (κ2) is 4.62. The molecule has 0 bridgehead atoms. The van der Waals surface area contributed by atoms with Gasteiger partial charge in [0.25, 0.3) is 0 Å². The van der Waals surface area contributed by atoms with Gasteiger partial charge in [-0.15, -0.1) is 0 Å². The topological polar surface area (TPSA) is 37.3 Å². The van der Waals surface area contributed by atoms with Crippen molar-refractivity contribution in [3.8, 4) is 0 Å². The summed E-state index contributed by atoms with van der Waals surface area (Å²) in [7, 11) is 0.500.